The third-order valence-corrected chi connectivity index (χ3v) is 3.28. The van der Waals surface area contributed by atoms with Crippen molar-refractivity contribution < 1.29 is 9.53 Å². The number of carbonyl (C=O) groups is 1. The number of aromatic nitrogens is 2. The van der Waals surface area contributed by atoms with Gasteiger partial charge in [0.15, 0.2) is 0 Å². The number of rotatable bonds is 4. The van der Waals surface area contributed by atoms with Gasteiger partial charge in [-0.25, -0.2) is 0 Å². The van der Waals surface area contributed by atoms with Gasteiger partial charge in [0.2, 0.25) is 5.78 Å². The summed E-state index contributed by atoms with van der Waals surface area (Å²) in [5, 5.41) is 7.37. The Morgan fingerprint density at radius 1 is 1.76 bits per heavy atom. The van der Waals surface area contributed by atoms with Crippen LogP contribution in [0.2, 0.25) is 0 Å². The van der Waals surface area contributed by atoms with Gasteiger partial charge in [-0.2, -0.15) is 5.10 Å². The number of carbonyl (C=O) groups excluding carboxylic acids is 1. The van der Waals surface area contributed by atoms with E-state index in [4.69, 9.17) is 4.74 Å². The first kappa shape index (κ1) is 12.7. The summed E-state index contributed by atoms with van der Waals surface area (Å²) >= 11 is 3.38. The molecule has 1 aliphatic rings. The van der Waals surface area contributed by atoms with Crippen molar-refractivity contribution >= 4 is 21.7 Å². The topological polar surface area (TPSA) is 56.2 Å². The molecule has 94 valence electrons. The average Bonchev–Trinajstić information content (AvgIpc) is 2.71. The minimum atomic E-state index is -0.257. The molecule has 2 heterocycles. The number of hydrogen-bond acceptors (Lipinski definition) is 4. The standard InChI is InChI=1S/C11H16BrN3O2/c1-2-4-15-10(8(12)6-14-15)11(16)9-7-17-5-3-13-9/h6,9,13H,2-5,7H2,1H3. The number of Topliss-reactive ketones (excluding diaryl/α,β-unsaturated/α-hetero) is 1. The van der Waals surface area contributed by atoms with Crippen molar-refractivity contribution in [1.29, 1.82) is 0 Å². The molecule has 1 saturated heterocycles. The molecular formula is C11H16BrN3O2. The molecule has 0 saturated carbocycles. The Kier molecular flexibility index (Phi) is 4.31. The molecule has 0 amide bonds. The summed E-state index contributed by atoms with van der Waals surface area (Å²) < 4.78 is 7.82. The Hall–Kier alpha value is -0.720. The fourth-order valence-electron chi connectivity index (χ4n) is 1.89. The second kappa shape index (κ2) is 5.75. The van der Waals surface area contributed by atoms with Crippen molar-refractivity contribution in [2.24, 2.45) is 0 Å². The lowest BCUT2D eigenvalue weighted by molar-refractivity contribution is 0.0599. The van der Waals surface area contributed by atoms with Crippen molar-refractivity contribution in [3.8, 4) is 0 Å². The molecule has 17 heavy (non-hydrogen) atoms. The lowest BCUT2D eigenvalue weighted by atomic mass is 10.1. The summed E-state index contributed by atoms with van der Waals surface area (Å²) in [6.07, 6.45) is 2.62. The second-order valence-corrected chi connectivity index (χ2v) is 4.86. The summed E-state index contributed by atoms with van der Waals surface area (Å²) in [5.41, 5.74) is 0.634. The van der Waals surface area contributed by atoms with Crippen LogP contribution in [0.15, 0.2) is 10.7 Å². The van der Waals surface area contributed by atoms with E-state index in [9.17, 15) is 4.79 Å². The van der Waals surface area contributed by atoms with Crippen LogP contribution < -0.4 is 5.32 Å². The molecule has 1 unspecified atom stereocenters. The lowest BCUT2D eigenvalue weighted by Crippen LogP contribution is -2.47. The molecule has 1 aromatic rings. The van der Waals surface area contributed by atoms with Crippen LogP contribution in [0, 0.1) is 0 Å². The number of aryl methyl sites for hydroxylation is 1. The fraction of sp³-hybridized carbons (Fsp3) is 0.636. The van der Waals surface area contributed by atoms with Crippen LogP contribution in [0.3, 0.4) is 0 Å². The highest BCUT2D eigenvalue weighted by atomic mass is 79.9. The van der Waals surface area contributed by atoms with E-state index in [0.717, 1.165) is 24.0 Å². The quantitative estimate of drug-likeness (QED) is 0.850. The largest absolute Gasteiger partial charge is 0.378 e. The van der Waals surface area contributed by atoms with Gasteiger partial charge < -0.3 is 10.1 Å². The average molecular weight is 302 g/mol. The Balaban J connectivity index is 2.19. The summed E-state index contributed by atoms with van der Waals surface area (Å²) in [6, 6.07) is -0.257. The first-order chi connectivity index (χ1) is 8.24. The summed E-state index contributed by atoms with van der Waals surface area (Å²) in [6.45, 7) is 4.63. The van der Waals surface area contributed by atoms with E-state index >= 15 is 0 Å². The molecule has 1 aromatic heterocycles. The predicted molar refractivity (Wildman–Crippen MR) is 67.2 cm³/mol. The number of hydrogen-bond donors (Lipinski definition) is 1. The van der Waals surface area contributed by atoms with E-state index < -0.39 is 0 Å². The van der Waals surface area contributed by atoms with Crippen molar-refractivity contribution in [1.82, 2.24) is 15.1 Å². The van der Waals surface area contributed by atoms with Crippen LogP contribution in [0.25, 0.3) is 0 Å². The van der Waals surface area contributed by atoms with Crippen LogP contribution in [0.1, 0.15) is 23.8 Å². The number of nitrogens with zero attached hydrogens (tertiary/aromatic N) is 2. The first-order valence-electron chi connectivity index (χ1n) is 5.80. The first-order valence-corrected chi connectivity index (χ1v) is 6.60. The normalized spacial score (nSPS) is 20.5. The zero-order valence-electron chi connectivity index (χ0n) is 9.78. The molecule has 0 aliphatic carbocycles. The molecule has 0 aromatic carbocycles. The molecule has 0 radical (unpaired) electrons. The molecule has 1 atom stereocenters. The van der Waals surface area contributed by atoms with Crippen LogP contribution in [-0.4, -0.2) is 41.4 Å². The Bertz CT molecular complexity index is 399. The highest BCUT2D eigenvalue weighted by Crippen LogP contribution is 2.18. The monoisotopic (exact) mass is 301 g/mol. The minimum Gasteiger partial charge on any atom is -0.378 e. The third kappa shape index (κ3) is 2.75. The van der Waals surface area contributed by atoms with Crippen LogP contribution >= 0.6 is 15.9 Å². The second-order valence-electron chi connectivity index (χ2n) is 4.01. The zero-order valence-corrected chi connectivity index (χ0v) is 11.4. The maximum Gasteiger partial charge on any atom is 0.201 e. The summed E-state index contributed by atoms with van der Waals surface area (Å²) in [5.74, 6) is 0.0440. The van der Waals surface area contributed by atoms with Crippen molar-refractivity contribution in [2.75, 3.05) is 19.8 Å². The van der Waals surface area contributed by atoms with Gasteiger partial charge in [-0.15, -0.1) is 0 Å². The van der Waals surface area contributed by atoms with Gasteiger partial charge >= 0.3 is 0 Å². The Morgan fingerprint density at radius 2 is 2.59 bits per heavy atom. The fourth-order valence-corrected chi connectivity index (χ4v) is 2.38. The molecule has 5 nitrogen and oxygen atoms in total. The van der Waals surface area contributed by atoms with E-state index in [1.54, 1.807) is 10.9 Å². The number of halogens is 1. The van der Waals surface area contributed by atoms with Crippen molar-refractivity contribution in [3.05, 3.63) is 16.4 Å². The lowest BCUT2D eigenvalue weighted by Gasteiger charge is -2.22. The van der Waals surface area contributed by atoms with E-state index in [1.807, 2.05) is 0 Å². The molecule has 2 rings (SSSR count). The van der Waals surface area contributed by atoms with E-state index in [1.165, 1.54) is 0 Å². The molecule has 1 N–H and O–H groups in total. The minimum absolute atomic E-state index is 0.0440. The van der Waals surface area contributed by atoms with Gasteiger partial charge in [0.1, 0.15) is 5.69 Å². The number of nitrogens with one attached hydrogen (secondary N) is 1. The third-order valence-electron chi connectivity index (χ3n) is 2.70. The van der Waals surface area contributed by atoms with Gasteiger partial charge in [-0.1, -0.05) is 6.92 Å². The van der Waals surface area contributed by atoms with Gasteiger partial charge in [0.05, 0.1) is 29.9 Å². The molecule has 0 spiro atoms. The van der Waals surface area contributed by atoms with Gasteiger partial charge in [-0.3, -0.25) is 9.48 Å². The summed E-state index contributed by atoms with van der Waals surface area (Å²) in [7, 11) is 0. The Morgan fingerprint density at radius 3 is 3.24 bits per heavy atom. The number of ketones is 1. The molecule has 1 aliphatic heterocycles. The van der Waals surface area contributed by atoms with Crippen LogP contribution in [0.4, 0.5) is 0 Å². The molecular weight excluding hydrogens is 286 g/mol. The maximum absolute atomic E-state index is 12.3. The number of ether oxygens (including phenoxy) is 1. The van der Waals surface area contributed by atoms with Crippen LogP contribution in [0.5, 0.6) is 0 Å². The van der Waals surface area contributed by atoms with E-state index in [-0.39, 0.29) is 11.8 Å². The van der Waals surface area contributed by atoms with Crippen LogP contribution in [-0.2, 0) is 11.3 Å². The van der Waals surface area contributed by atoms with Crippen molar-refractivity contribution in [2.45, 2.75) is 25.9 Å². The molecule has 6 heteroatoms. The summed E-state index contributed by atoms with van der Waals surface area (Å²) in [4.78, 5) is 12.3. The van der Waals surface area contributed by atoms with Crippen molar-refractivity contribution in [3.63, 3.8) is 0 Å². The van der Waals surface area contributed by atoms with E-state index in [0.29, 0.717) is 18.9 Å². The highest BCUT2D eigenvalue weighted by molar-refractivity contribution is 9.10. The predicted octanol–water partition coefficient (Wildman–Crippen LogP) is 1.23. The maximum atomic E-state index is 12.3. The number of morpholine rings is 1. The Labute approximate surface area is 109 Å². The van der Waals surface area contributed by atoms with Gasteiger partial charge in [0.25, 0.3) is 0 Å². The van der Waals surface area contributed by atoms with E-state index in [2.05, 4.69) is 33.3 Å². The van der Waals surface area contributed by atoms with Gasteiger partial charge in [-0.05, 0) is 22.4 Å². The zero-order chi connectivity index (χ0) is 12.3. The molecule has 1 fully saturated rings. The molecule has 0 bridgehead atoms. The van der Waals surface area contributed by atoms with Gasteiger partial charge in [0, 0.05) is 13.1 Å². The highest BCUT2D eigenvalue weighted by Gasteiger charge is 2.27. The SMILES string of the molecule is CCCn1ncc(Br)c1C(=O)C1COCCN1. The smallest absolute Gasteiger partial charge is 0.201 e.